The molecule has 0 spiro atoms. The summed E-state index contributed by atoms with van der Waals surface area (Å²) in [5, 5.41) is 11.9. The number of aromatic carboxylic acids is 1. The highest BCUT2D eigenvalue weighted by molar-refractivity contribution is 7.22. The molecule has 3 aromatic carbocycles. The van der Waals surface area contributed by atoms with E-state index < -0.39 is 5.97 Å². The Bertz CT molecular complexity index is 1490. The first-order chi connectivity index (χ1) is 16.1. The van der Waals surface area contributed by atoms with Gasteiger partial charge in [-0.1, -0.05) is 61.5 Å². The SMILES string of the molecule is CCc1ccc(OCc2ccccc2)c2c(C(=O)O)cc(-c3sc4ccccc4c3C)nc12. The lowest BCUT2D eigenvalue weighted by Crippen LogP contribution is -2.05. The van der Waals surface area contributed by atoms with E-state index >= 15 is 0 Å². The van der Waals surface area contributed by atoms with Crippen LogP contribution in [0.2, 0.25) is 0 Å². The summed E-state index contributed by atoms with van der Waals surface area (Å²) in [6, 6.07) is 23.6. The number of ether oxygens (including phenoxy) is 1. The normalized spacial score (nSPS) is 11.2. The van der Waals surface area contributed by atoms with Gasteiger partial charge in [-0.15, -0.1) is 11.3 Å². The van der Waals surface area contributed by atoms with Gasteiger partial charge in [0.2, 0.25) is 0 Å². The number of nitrogens with zero attached hydrogens (tertiary/aromatic N) is 1. The zero-order valence-electron chi connectivity index (χ0n) is 18.5. The number of hydrogen-bond acceptors (Lipinski definition) is 4. The minimum atomic E-state index is -0.986. The zero-order valence-corrected chi connectivity index (χ0v) is 19.3. The second-order valence-electron chi connectivity index (χ2n) is 7.99. The Labute approximate surface area is 196 Å². The Morgan fingerprint density at radius 2 is 1.79 bits per heavy atom. The van der Waals surface area contributed by atoms with E-state index in [-0.39, 0.29) is 5.56 Å². The molecule has 0 aliphatic heterocycles. The lowest BCUT2D eigenvalue weighted by molar-refractivity contribution is 0.0698. The lowest BCUT2D eigenvalue weighted by atomic mass is 10.00. The van der Waals surface area contributed by atoms with Crippen LogP contribution in [-0.4, -0.2) is 16.1 Å². The van der Waals surface area contributed by atoms with Crippen LogP contribution in [0.1, 0.15) is 34.0 Å². The van der Waals surface area contributed by atoms with E-state index in [1.807, 2.05) is 54.6 Å². The van der Waals surface area contributed by atoms with Gasteiger partial charge < -0.3 is 9.84 Å². The van der Waals surface area contributed by atoms with Gasteiger partial charge in [0.1, 0.15) is 12.4 Å². The Hall–Kier alpha value is -3.70. The van der Waals surface area contributed by atoms with Crippen LogP contribution in [0.25, 0.3) is 31.6 Å². The lowest BCUT2D eigenvalue weighted by Gasteiger charge is -2.15. The molecule has 0 atom stereocenters. The van der Waals surface area contributed by atoms with Crippen molar-refractivity contribution in [1.82, 2.24) is 4.98 Å². The van der Waals surface area contributed by atoms with Gasteiger partial charge in [-0.25, -0.2) is 9.78 Å². The Balaban J connectivity index is 1.70. The maximum atomic E-state index is 12.4. The van der Waals surface area contributed by atoms with Gasteiger partial charge in [0, 0.05) is 4.70 Å². The maximum Gasteiger partial charge on any atom is 0.336 e. The number of pyridine rings is 1. The molecule has 4 nitrogen and oxygen atoms in total. The number of carboxylic acid groups (broad SMARTS) is 1. The van der Waals surface area contributed by atoms with Gasteiger partial charge in [-0.3, -0.25) is 0 Å². The summed E-state index contributed by atoms with van der Waals surface area (Å²) >= 11 is 1.64. The van der Waals surface area contributed by atoms with E-state index in [9.17, 15) is 9.90 Å². The number of aromatic nitrogens is 1. The molecule has 5 heteroatoms. The molecular weight excluding hydrogens is 430 g/mol. The molecule has 0 aliphatic rings. The predicted molar refractivity (Wildman–Crippen MR) is 134 cm³/mol. The predicted octanol–water partition coefficient (Wildman–Crippen LogP) is 7.26. The highest BCUT2D eigenvalue weighted by Gasteiger charge is 2.21. The fourth-order valence-corrected chi connectivity index (χ4v) is 5.38. The van der Waals surface area contributed by atoms with Crippen LogP contribution >= 0.6 is 11.3 Å². The van der Waals surface area contributed by atoms with Gasteiger partial charge in [0.15, 0.2) is 0 Å². The molecule has 33 heavy (non-hydrogen) atoms. The average Bonchev–Trinajstić information content (AvgIpc) is 3.19. The first-order valence-electron chi connectivity index (χ1n) is 10.9. The monoisotopic (exact) mass is 453 g/mol. The number of carboxylic acids is 1. The van der Waals surface area contributed by atoms with Crippen LogP contribution in [-0.2, 0) is 13.0 Å². The van der Waals surface area contributed by atoms with Crippen LogP contribution in [0.5, 0.6) is 5.75 Å². The van der Waals surface area contributed by atoms with Crippen LogP contribution in [0.15, 0.2) is 72.8 Å². The molecule has 0 bridgehead atoms. The molecule has 0 saturated heterocycles. The average molecular weight is 454 g/mol. The highest BCUT2D eigenvalue weighted by Crippen LogP contribution is 2.40. The minimum absolute atomic E-state index is 0.213. The van der Waals surface area contributed by atoms with Crippen LogP contribution < -0.4 is 4.74 Å². The van der Waals surface area contributed by atoms with Crippen LogP contribution in [0, 0.1) is 6.92 Å². The van der Waals surface area contributed by atoms with E-state index in [1.54, 1.807) is 17.4 Å². The second-order valence-corrected chi connectivity index (χ2v) is 9.04. The van der Waals surface area contributed by atoms with Gasteiger partial charge in [0.05, 0.1) is 27.0 Å². The van der Waals surface area contributed by atoms with Crippen molar-refractivity contribution < 1.29 is 14.6 Å². The molecule has 0 fully saturated rings. The fourth-order valence-electron chi connectivity index (χ4n) is 4.21. The number of carbonyl (C=O) groups is 1. The molecule has 2 aromatic heterocycles. The number of aryl methyl sites for hydroxylation is 2. The van der Waals surface area contributed by atoms with Crippen molar-refractivity contribution >= 4 is 38.3 Å². The van der Waals surface area contributed by atoms with Crippen molar-refractivity contribution in [3.63, 3.8) is 0 Å². The van der Waals surface area contributed by atoms with E-state index in [1.165, 1.54) is 10.1 Å². The molecule has 0 saturated carbocycles. The molecular formula is C28H23NO3S. The molecule has 1 N–H and O–H groups in total. The molecule has 2 heterocycles. The third-order valence-electron chi connectivity index (χ3n) is 5.93. The Morgan fingerprint density at radius 3 is 2.52 bits per heavy atom. The summed E-state index contributed by atoms with van der Waals surface area (Å²) in [5.74, 6) is -0.448. The fraction of sp³-hybridized carbons (Fsp3) is 0.143. The summed E-state index contributed by atoms with van der Waals surface area (Å²) in [5.41, 5.74) is 4.73. The van der Waals surface area contributed by atoms with Crippen molar-refractivity contribution in [2.75, 3.05) is 0 Å². The van der Waals surface area contributed by atoms with E-state index in [2.05, 4.69) is 26.0 Å². The summed E-state index contributed by atoms with van der Waals surface area (Å²) in [4.78, 5) is 18.4. The summed E-state index contributed by atoms with van der Waals surface area (Å²) in [6.45, 7) is 4.48. The molecule has 0 aliphatic carbocycles. The van der Waals surface area contributed by atoms with Gasteiger partial charge in [0.25, 0.3) is 0 Å². The van der Waals surface area contributed by atoms with Gasteiger partial charge in [-0.05, 0) is 53.6 Å². The van der Waals surface area contributed by atoms with Crippen molar-refractivity contribution in [1.29, 1.82) is 0 Å². The molecule has 0 radical (unpaired) electrons. The standard InChI is InChI=1S/C28H23NO3S/c1-3-19-13-14-23(32-16-18-9-5-4-6-10-18)25-21(28(30)31)15-22(29-26(19)25)27-17(2)20-11-7-8-12-24(20)33-27/h4-15H,3,16H2,1-2H3,(H,30,31). The largest absolute Gasteiger partial charge is 0.488 e. The number of thiophene rings is 1. The maximum absolute atomic E-state index is 12.4. The van der Waals surface area contributed by atoms with E-state index in [4.69, 9.17) is 9.72 Å². The number of benzene rings is 3. The third kappa shape index (κ3) is 3.85. The number of rotatable bonds is 6. The van der Waals surface area contributed by atoms with Gasteiger partial charge >= 0.3 is 5.97 Å². The molecule has 5 rings (SSSR count). The van der Waals surface area contributed by atoms with Crippen LogP contribution in [0.4, 0.5) is 0 Å². The smallest absolute Gasteiger partial charge is 0.336 e. The Kier molecular flexibility index (Phi) is 5.56. The second kappa shape index (κ2) is 8.68. The zero-order chi connectivity index (χ0) is 22.9. The van der Waals surface area contributed by atoms with E-state index in [0.29, 0.717) is 29.0 Å². The summed E-state index contributed by atoms with van der Waals surface area (Å²) in [7, 11) is 0. The Morgan fingerprint density at radius 1 is 1.03 bits per heavy atom. The van der Waals surface area contributed by atoms with Crippen molar-refractivity contribution in [2.45, 2.75) is 26.9 Å². The van der Waals surface area contributed by atoms with Crippen LogP contribution in [0.3, 0.4) is 0 Å². The minimum Gasteiger partial charge on any atom is -0.488 e. The summed E-state index contributed by atoms with van der Waals surface area (Å²) in [6.07, 6.45) is 0.746. The number of fused-ring (bicyclic) bond motifs is 2. The molecule has 5 aromatic rings. The molecule has 0 unspecified atom stereocenters. The van der Waals surface area contributed by atoms with Crippen molar-refractivity contribution in [3.8, 4) is 16.3 Å². The first kappa shape index (κ1) is 21.2. The van der Waals surface area contributed by atoms with Crippen molar-refractivity contribution in [2.24, 2.45) is 0 Å². The third-order valence-corrected chi connectivity index (χ3v) is 7.23. The van der Waals surface area contributed by atoms with E-state index in [0.717, 1.165) is 28.0 Å². The summed E-state index contributed by atoms with van der Waals surface area (Å²) < 4.78 is 7.28. The number of hydrogen-bond donors (Lipinski definition) is 1. The first-order valence-corrected chi connectivity index (χ1v) is 11.7. The molecule has 164 valence electrons. The molecule has 0 amide bonds. The van der Waals surface area contributed by atoms with Gasteiger partial charge in [-0.2, -0.15) is 0 Å². The quantitative estimate of drug-likeness (QED) is 0.294. The van der Waals surface area contributed by atoms with Crippen molar-refractivity contribution in [3.05, 3.63) is 95.1 Å². The highest BCUT2D eigenvalue weighted by atomic mass is 32.1. The topological polar surface area (TPSA) is 59.4 Å².